The van der Waals surface area contributed by atoms with Gasteiger partial charge in [0.1, 0.15) is 5.82 Å². The van der Waals surface area contributed by atoms with Crippen molar-refractivity contribution in [2.45, 2.75) is 38.0 Å². The van der Waals surface area contributed by atoms with Crippen LogP contribution in [-0.4, -0.2) is 4.98 Å². The van der Waals surface area contributed by atoms with E-state index in [4.69, 9.17) is 17.3 Å². The summed E-state index contributed by atoms with van der Waals surface area (Å²) in [4.78, 5) is 4.56. The van der Waals surface area contributed by atoms with Crippen molar-refractivity contribution < 1.29 is 0 Å². The van der Waals surface area contributed by atoms with Gasteiger partial charge in [-0.15, -0.1) is 0 Å². The van der Waals surface area contributed by atoms with E-state index in [1.165, 1.54) is 32.1 Å². The molecule has 4 fully saturated rings. The maximum Gasteiger partial charge on any atom is 0.123 e. The average molecular weight is 263 g/mol. The summed E-state index contributed by atoms with van der Waals surface area (Å²) < 4.78 is 0. The number of anilines is 1. The molecular formula is C15H19ClN2. The monoisotopic (exact) mass is 262 g/mol. The largest absolute Gasteiger partial charge is 0.384 e. The average Bonchev–Trinajstić information content (AvgIpc) is 2.32. The van der Waals surface area contributed by atoms with Crippen molar-refractivity contribution in [1.29, 1.82) is 0 Å². The van der Waals surface area contributed by atoms with Gasteiger partial charge in [-0.2, -0.15) is 0 Å². The summed E-state index contributed by atoms with van der Waals surface area (Å²) in [6, 6.07) is 3.73. The summed E-state index contributed by atoms with van der Waals surface area (Å²) in [5.74, 6) is 4.80. The highest BCUT2D eigenvalue weighted by atomic mass is 35.5. The van der Waals surface area contributed by atoms with Crippen LogP contribution in [0.15, 0.2) is 12.1 Å². The number of halogens is 1. The Bertz CT molecular complexity index is 457. The molecular weight excluding hydrogens is 244 g/mol. The van der Waals surface area contributed by atoms with Crippen LogP contribution in [0.2, 0.25) is 5.02 Å². The molecule has 0 saturated heterocycles. The molecule has 2 nitrogen and oxygen atoms in total. The fourth-order valence-electron chi connectivity index (χ4n) is 5.08. The minimum atomic E-state index is 0.578. The van der Waals surface area contributed by atoms with Gasteiger partial charge >= 0.3 is 0 Å². The number of hydrogen-bond donors (Lipinski definition) is 1. The molecule has 0 amide bonds. The standard InChI is InChI=1S/C15H19ClN2/c16-12-1-2-13(17)18-15(12)14-10-4-8-3-9(6-10)7-11(14)5-8/h1-2,8-11,14H,3-7H2,(H2,17,18). The summed E-state index contributed by atoms with van der Waals surface area (Å²) in [5.41, 5.74) is 6.94. The lowest BCUT2D eigenvalue weighted by molar-refractivity contribution is -0.00406. The summed E-state index contributed by atoms with van der Waals surface area (Å²) in [7, 11) is 0. The van der Waals surface area contributed by atoms with E-state index in [9.17, 15) is 0 Å². The molecule has 0 aliphatic heterocycles. The highest BCUT2D eigenvalue weighted by Crippen LogP contribution is 2.60. The van der Waals surface area contributed by atoms with E-state index in [1.807, 2.05) is 12.1 Å². The fourth-order valence-corrected chi connectivity index (χ4v) is 5.31. The molecule has 0 unspecified atom stereocenters. The number of pyridine rings is 1. The van der Waals surface area contributed by atoms with Gasteiger partial charge in [-0.05, 0) is 67.9 Å². The summed E-state index contributed by atoms with van der Waals surface area (Å²) in [6.45, 7) is 0. The van der Waals surface area contributed by atoms with Crippen molar-refractivity contribution >= 4 is 17.4 Å². The first-order valence-electron chi connectivity index (χ1n) is 7.12. The molecule has 1 heterocycles. The zero-order valence-corrected chi connectivity index (χ0v) is 11.2. The predicted octanol–water partition coefficient (Wildman–Crippen LogP) is 3.86. The van der Waals surface area contributed by atoms with Gasteiger partial charge in [0.25, 0.3) is 0 Å². The predicted molar refractivity (Wildman–Crippen MR) is 73.4 cm³/mol. The van der Waals surface area contributed by atoms with Crippen LogP contribution in [0.1, 0.15) is 43.7 Å². The first-order chi connectivity index (χ1) is 8.70. The molecule has 4 aliphatic rings. The highest BCUT2D eigenvalue weighted by molar-refractivity contribution is 6.31. The third kappa shape index (κ3) is 1.58. The van der Waals surface area contributed by atoms with Crippen LogP contribution in [-0.2, 0) is 0 Å². The van der Waals surface area contributed by atoms with Crippen LogP contribution < -0.4 is 5.73 Å². The summed E-state index contributed by atoms with van der Waals surface area (Å²) in [5, 5.41) is 0.821. The normalized spacial score (nSPS) is 41.3. The molecule has 1 aromatic heterocycles. The van der Waals surface area contributed by atoms with Crippen molar-refractivity contribution in [2.75, 3.05) is 5.73 Å². The Morgan fingerprint density at radius 2 is 1.61 bits per heavy atom. The lowest BCUT2D eigenvalue weighted by atomic mass is 9.51. The molecule has 4 saturated carbocycles. The Balaban J connectivity index is 1.74. The van der Waals surface area contributed by atoms with Gasteiger partial charge in [0.15, 0.2) is 0 Å². The van der Waals surface area contributed by atoms with E-state index in [2.05, 4.69) is 4.98 Å². The molecule has 2 N–H and O–H groups in total. The van der Waals surface area contributed by atoms with Gasteiger partial charge in [-0.1, -0.05) is 11.6 Å². The number of hydrogen-bond acceptors (Lipinski definition) is 2. The number of aromatic nitrogens is 1. The second kappa shape index (κ2) is 3.86. The molecule has 0 atom stereocenters. The smallest absolute Gasteiger partial charge is 0.123 e. The number of nitrogen functional groups attached to an aromatic ring is 1. The van der Waals surface area contributed by atoms with Crippen molar-refractivity contribution in [3.63, 3.8) is 0 Å². The molecule has 18 heavy (non-hydrogen) atoms. The molecule has 96 valence electrons. The number of rotatable bonds is 1. The van der Waals surface area contributed by atoms with Crippen LogP contribution in [0, 0.1) is 23.7 Å². The summed E-state index contributed by atoms with van der Waals surface area (Å²) >= 11 is 6.37. The Kier molecular flexibility index (Phi) is 2.38. The Hall–Kier alpha value is -0.760. The first kappa shape index (κ1) is 11.1. The molecule has 5 rings (SSSR count). The topological polar surface area (TPSA) is 38.9 Å². The first-order valence-corrected chi connectivity index (χ1v) is 7.50. The van der Waals surface area contributed by atoms with E-state index >= 15 is 0 Å². The zero-order valence-electron chi connectivity index (χ0n) is 10.5. The van der Waals surface area contributed by atoms with Gasteiger partial charge in [0.05, 0.1) is 10.7 Å². The van der Waals surface area contributed by atoms with Crippen molar-refractivity contribution in [1.82, 2.24) is 4.98 Å². The zero-order chi connectivity index (χ0) is 12.3. The maximum absolute atomic E-state index is 6.37. The second-order valence-corrected chi connectivity index (χ2v) is 6.97. The van der Waals surface area contributed by atoms with E-state index in [0.29, 0.717) is 11.7 Å². The summed E-state index contributed by atoms with van der Waals surface area (Å²) in [6.07, 6.45) is 7.06. The number of nitrogens with two attached hydrogens (primary N) is 1. The van der Waals surface area contributed by atoms with Crippen LogP contribution >= 0.6 is 11.6 Å². The lowest BCUT2D eigenvalue weighted by Gasteiger charge is -2.54. The van der Waals surface area contributed by atoms with E-state index in [1.54, 1.807) is 0 Å². The van der Waals surface area contributed by atoms with Crippen molar-refractivity contribution in [3.05, 3.63) is 22.8 Å². The van der Waals surface area contributed by atoms with Crippen LogP contribution in [0.5, 0.6) is 0 Å². The van der Waals surface area contributed by atoms with Crippen molar-refractivity contribution in [2.24, 2.45) is 23.7 Å². The quantitative estimate of drug-likeness (QED) is 0.835. The molecule has 0 aromatic carbocycles. The highest BCUT2D eigenvalue weighted by Gasteiger charge is 2.49. The van der Waals surface area contributed by atoms with E-state index in [-0.39, 0.29) is 0 Å². The van der Waals surface area contributed by atoms with Crippen LogP contribution in [0.3, 0.4) is 0 Å². The minimum Gasteiger partial charge on any atom is -0.384 e. The Labute approximate surface area is 113 Å². The van der Waals surface area contributed by atoms with Crippen molar-refractivity contribution in [3.8, 4) is 0 Å². The molecule has 1 aromatic rings. The third-order valence-electron chi connectivity index (χ3n) is 5.44. The van der Waals surface area contributed by atoms with Gasteiger partial charge in [0, 0.05) is 5.92 Å². The van der Waals surface area contributed by atoms with Gasteiger partial charge in [-0.3, -0.25) is 0 Å². The molecule has 4 bridgehead atoms. The number of nitrogens with zero attached hydrogens (tertiary/aromatic N) is 1. The minimum absolute atomic E-state index is 0.578. The SMILES string of the molecule is Nc1ccc(Cl)c(C2C3CC4CC(C3)CC2C4)n1. The van der Waals surface area contributed by atoms with Gasteiger partial charge in [-0.25, -0.2) is 4.98 Å². The second-order valence-electron chi connectivity index (χ2n) is 6.56. The third-order valence-corrected chi connectivity index (χ3v) is 5.76. The lowest BCUT2D eigenvalue weighted by Crippen LogP contribution is -2.44. The molecule has 0 radical (unpaired) electrons. The van der Waals surface area contributed by atoms with E-state index in [0.717, 1.165) is 34.4 Å². The Morgan fingerprint density at radius 1 is 1.00 bits per heavy atom. The van der Waals surface area contributed by atoms with E-state index < -0.39 is 0 Å². The fraction of sp³-hybridized carbons (Fsp3) is 0.667. The Morgan fingerprint density at radius 3 is 2.22 bits per heavy atom. The van der Waals surface area contributed by atoms with Crippen LogP contribution in [0.4, 0.5) is 5.82 Å². The van der Waals surface area contributed by atoms with Crippen LogP contribution in [0.25, 0.3) is 0 Å². The maximum atomic E-state index is 6.37. The molecule has 4 aliphatic carbocycles. The molecule has 0 spiro atoms. The molecule has 3 heteroatoms. The van der Waals surface area contributed by atoms with Gasteiger partial charge < -0.3 is 5.73 Å². The van der Waals surface area contributed by atoms with Gasteiger partial charge in [0.2, 0.25) is 0 Å².